The summed E-state index contributed by atoms with van der Waals surface area (Å²) in [5, 5.41) is 9.90. The Bertz CT molecular complexity index is 1090. The Morgan fingerprint density at radius 2 is 1.97 bits per heavy atom. The van der Waals surface area contributed by atoms with Crippen LogP contribution >= 0.6 is 11.6 Å². The van der Waals surface area contributed by atoms with Gasteiger partial charge in [-0.3, -0.25) is 4.79 Å². The first-order valence-electron chi connectivity index (χ1n) is 12.0. The minimum Gasteiger partial charge on any atom is -0.481 e. The first kappa shape index (κ1) is 26.2. The van der Waals surface area contributed by atoms with Crippen molar-refractivity contribution in [3.05, 3.63) is 35.4 Å². The van der Waals surface area contributed by atoms with Gasteiger partial charge in [-0.25, -0.2) is 14.4 Å². The molecule has 9 nitrogen and oxygen atoms in total. The summed E-state index contributed by atoms with van der Waals surface area (Å²) in [6.45, 7) is 5.80. The second-order valence-corrected chi connectivity index (χ2v) is 9.88. The molecule has 2 unspecified atom stereocenters. The summed E-state index contributed by atoms with van der Waals surface area (Å²) in [7, 11) is 3.16. The van der Waals surface area contributed by atoms with Gasteiger partial charge in [-0.1, -0.05) is 25.4 Å². The molecule has 0 aliphatic carbocycles. The van der Waals surface area contributed by atoms with E-state index in [1.54, 1.807) is 32.7 Å². The Morgan fingerprint density at radius 1 is 1.19 bits per heavy atom. The molecule has 2 aliphatic rings. The van der Waals surface area contributed by atoms with Crippen LogP contribution in [-0.2, 0) is 9.53 Å². The summed E-state index contributed by atoms with van der Waals surface area (Å²) in [6, 6.07) is 2.86. The Balaban J connectivity index is 1.44. The molecule has 0 aromatic carbocycles. The summed E-state index contributed by atoms with van der Waals surface area (Å²) in [4.78, 5) is 23.8. The molecule has 0 radical (unpaired) electrons. The predicted molar refractivity (Wildman–Crippen MR) is 134 cm³/mol. The molecule has 0 spiro atoms. The summed E-state index contributed by atoms with van der Waals surface area (Å²) in [5.74, 6) is -0.998. The second-order valence-electron chi connectivity index (χ2n) is 9.48. The van der Waals surface area contributed by atoms with Gasteiger partial charge in [-0.05, 0) is 0 Å². The van der Waals surface area contributed by atoms with Crippen LogP contribution in [0.1, 0.15) is 26.7 Å². The van der Waals surface area contributed by atoms with E-state index in [9.17, 15) is 9.90 Å². The summed E-state index contributed by atoms with van der Waals surface area (Å²) in [5.41, 5.74) is 1.36. The first-order chi connectivity index (χ1) is 17.2. The maximum atomic E-state index is 15.1. The van der Waals surface area contributed by atoms with Crippen LogP contribution in [0.25, 0.3) is 0 Å². The molecule has 5 atom stereocenters. The van der Waals surface area contributed by atoms with Gasteiger partial charge < -0.3 is 29.1 Å². The second kappa shape index (κ2) is 11.0. The topological polar surface area (TPSA) is 97.2 Å². The number of anilines is 2. The zero-order valence-corrected chi connectivity index (χ0v) is 21.6. The normalized spacial score (nSPS) is 26.2. The van der Waals surface area contributed by atoms with E-state index < -0.39 is 11.8 Å². The van der Waals surface area contributed by atoms with Crippen LogP contribution in [0, 0.1) is 17.7 Å². The zero-order chi connectivity index (χ0) is 26.0. The number of hydrogen-bond donors (Lipinski definition) is 1. The van der Waals surface area contributed by atoms with Crippen LogP contribution in [0.15, 0.2) is 24.5 Å². The smallest absolute Gasteiger partial charge is 0.305 e. The number of piperidine rings is 1. The van der Waals surface area contributed by atoms with Crippen LogP contribution in [-0.4, -0.2) is 73.1 Å². The molecular formula is C25H32ClFN4O5. The molecule has 4 heterocycles. The van der Waals surface area contributed by atoms with Crippen molar-refractivity contribution < 1.29 is 28.5 Å². The fraction of sp³-hybridized carbons (Fsp3) is 0.560. The molecule has 11 heteroatoms. The SMILES string of the molecule is COc1cc(N2CCC(Oc3ncc(N4C[C@H](OC)[C@@H](C)[C@H]4CC(=O)O)cc3F)C(C)C2)c(Cl)cn1. The van der Waals surface area contributed by atoms with E-state index in [1.165, 1.54) is 6.07 Å². The molecule has 0 bridgehead atoms. The van der Waals surface area contributed by atoms with E-state index >= 15 is 4.39 Å². The number of methoxy groups -OCH3 is 2. The highest BCUT2D eigenvalue weighted by atomic mass is 35.5. The highest BCUT2D eigenvalue weighted by Crippen LogP contribution is 2.36. The number of carbonyl (C=O) groups is 1. The van der Waals surface area contributed by atoms with E-state index in [1.807, 2.05) is 18.7 Å². The lowest BCUT2D eigenvalue weighted by Gasteiger charge is -2.38. The van der Waals surface area contributed by atoms with Gasteiger partial charge in [0.15, 0.2) is 5.82 Å². The van der Waals surface area contributed by atoms with Gasteiger partial charge in [-0.15, -0.1) is 0 Å². The van der Waals surface area contributed by atoms with Crippen molar-refractivity contribution >= 4 is 28.9 Å². The maximum absolute atomic E-state index is 15.1. The summed E-state index contributed by atoms with van der Waals surface area (Å²) >= 11 is 6.36. The number of aliphatic carboxylic acids is 1. The van der Waals surface area contributed by atoms with Crippen LogP contribution in [0.2, 0.25) is 5.02 Å². The first-order valence-corrected chi connectivity index (χ1v) is 12.4. The minimum atomic E-state index is -0.909. The van der Waals surface area contributed by atoms with Gasteiger partial charge in [0, 0.05) is 63.2 Å². The van der Waals surface area contributed by atoms with Crippen molar-refractivity contribution in [2.24, 2.45) is 11.8 Å². The minimum absolute atomic E-state index is 0.0232. The number of halogens is 2. The van der Waals surface area contributed by atoms with E-state index in [0.717, 1.165) is 5.69 Å². The largest absolute Gasteiger partial charge is 0.481 e. The molecule has 0 saturated carbocycles. The lowest BCUT2D eigenvalue weighted by molar-refractivity contribution is -0.137. The van der Waals surface area contributed by atoms with Gasteiger partial charge in [0.05, 0.1) is 48.4 Å². The van der Waals surface area contributed by atoms with Crippen LogP contribution in [0.3, 0.4) is 0 Å². The lowest BCUT2D eigenvalue weighted by atomic mass is 9.96. The molecule has 2 aliphatic heterocycles. The Labute approximate surface area is 215 Å². The highest BCUT2D eigenvalue weighted by Gasteiger charge is 2.41. The van der Waals surface area contributed by atoms with E-state index in [4.69, 9.17) is 25.8 Å². The summed E-state index contributed by atoms with van der Waals surface area (Å²) in [6.07, 6.45) is 3.34. The number of hydrogen-bond acceptors (Lipinski definition) is 8. The Kier molecular flexibility index (Phi) is 8.04. The molecule has 36 heavy (non-hydrogen) atoms. The molecule has 2 fully saturated rings. The number of pyridine rings is 2. The number of carboxylic acid groups (broad SMARTS) is 1. The average Bonchev–Trinajstić information content (AvgIpc) is 3.16. The fourth-order valence-electron chi connectivity index (χ4n) is 5.17. The highest BCUT2D eigenvalue weighted by molar-refractivity contribution is 6.33. The molecular weight excluding hydrogens is 491 g/mol. The number of aromatic nitrogens is 2. The third kappa shape index (κ3) is 5.44. The number of ether oxygens (including phenoxy) is 3. The number of rotatable bonds is 8. The van der Waals surface area contributed by atoms with Crippen molar-refractivity contribution in [3.63, 3.8) is 0 Å². The molecule has 2 aromatic rings. The Morgan fingerprint density at radius 3 is 2.61 bits per heavy atom. The number of nitrogens with zero attached hydrogens (tertiary/aromatic N) is 4. The monoisotopic (exact) mass is 522 g/mol. The Hall–Kier alpha value is -2.85. The molecule has 1 N–H and O–H groups in total. The standard InChI is InChI=1S/C25H32ClFN4O5/c1-14-12-30(20-8-23(35-4)28-11-17(20)26)6-5-21(14)36-25-18(27)7-16(10-29-25)31-13-22(34-3)15(2)19(31)9-24(32)33/h7-8,10-11,14-15,19,21-22H,5-6,9,12-13H2,1-4H3,(H,32,33)/t14?,15-,19+,21?,22-/m0/s1. The van der Waals surface area contributed by atoms with Gasteiger partial charge in [0.1, 0.15) is 6.10 Å². The quantitative estimate of drug-likeness (QED) is 0.553. The van der Waals surface area contributed by atoms with Crippen molar-refractivity contribution in [2.45, 2.75) is 44.9 Å². The van der Waals surface area contributed by atoms with Crippen LogP contribution < -0.4 is 19.3 Å². The number of carboxylic acids is 1. The molecule has 4 rings (SSSR count). The fourth-order valence-corrected chi connectivity index (χ4v) is 5.40. The zero-order valence-electron chi connectivity index (χ0n) is 20.9. The maximum Gasteiger partial charge on any atom is 0.305 e. The third-order valence-electron chi connectivity index (χ3n) is 7.23. The molecule has 2 aromatic heterocycles. The van der Waals surface area contributed by atoms with E-state index in [0.29, 0.717) is 42.6 Å². The molecule has 0 amide bonds. The van der Waals surface area contributed by atoms with E-state index in [2.05, 4.69) is 14.9 Å². The van der Waals surface area contributed by atoms with Crippen molar-refractivity contribution in [1.29, 1.82) is 0 Å². The van der Waals surface area contributed by atoms with Crippen molar-refractivity contribution in [2.75, 3.05) is 43.7 Å². The third-order valence-corrected chi connectivity index (χ3v) is 7.52. The van der Waals surface area contributed by atoms with Gasteiger partial charge >= 0.3 is 5.97 Å². The van der Waals surface area contributed by atoms with E-state index in [-0.39, 0.29) is 42.4 Å². The molecule has 2 saturated heterocycles. The van der Waals surface area contributed by atoms with Gasteiger partial charge in [0.2, 0.25) is 5.88 Å². The predicted octanol–water partition coefficient (Wildman–Crippen LogP) is 3.89. The molecule has 196 valence electrons. The van der Waals surface area contributed by atoms with Crippen LogP contribution in [0.4, 0.5) is 15.8 Å². The van der Waals surface area contributed by atoms with Gasteiger partial charge in [0.25, 0.3) is 5.88 Å². The van der Waals surface area contributed by atoms with Crippen molar-refractivity contribution in [1.82, 2.24) is 9.97 Å². The van der Waals surface area contributed by atoms with Crippen LogP contribution in [0.5, 0.6) is 11.8 Å². The van der Waals surface area contributed by atoms with Gasteiger partial charge in [-0.2, -0.15) is 0 Å². The van der Waals surface area contributed by atoms with Crippen molar-refractivity contribution in [3.8, 4) is 11.8 Å². The lowest BCUT2D eigenvalue weighted by Crippen LogP contribution is -2.44. The average molecular weight is 523 g/mol. The summed E-state index contributed by atoms with van der Waals surface area (Å²) < 4.78 is 31.9.